The molecule has 0 spiro atoms. The van der Waals surface area contributed by atoms with Crippen LogP contribution in [0.4, 0.5) is 4.79 Å². The van der Waals surface area contributed by atoms with E-state index in [1.54, 1.807) is 0 Å². The van der Waals surface area contributed by atoms with Crippen molar-refractivity contribution in [2.45, 2.75) is 18.9 Å². The topological polar surface area (TPSA) is 110 Å². The van der Waals surface area contributed by atoms with Gasteiger partial charge in [-0.05, 0) is 0 Å². The number of carboxylic acid groups (broad SMARTS) is 2. The zero-order chi connectivity index (χ0) is 11.1. The number of hydrogen-bond donors (Lipinski definition) is 2. The van der Waals surface area contributed by atoms with Gasteiger partial charge in [0.15, 0.2) is 0 Å². The van der Waals surface area contributed by atoms with Crippen LogP contribution in [-0.2, 0) is 19.1 Å². The number of rotatable bonds is 5. The molecule has 0 aromatic heterocycles. The van der Waals surface area contributed by atoms with E-state index in [9.17, 15) is 14.4 Å². The molecule has 1 atom stereocenters. The molecule has 7 nitrogen and oxygen atoms in total. The molecule has 1 unspecified atom stereocenters. The van der Waals surface area contributed by atoms with Crippen molar-refractivity contribution in [3.63, 3.8) is 0 Å². The van der Waals surface area contributed by atoms with Gasteiger partial charge in [-0.25, -0.2) is 9.59 Å². The minimum atomic E-state index is -1.49. The Hall–Kier alpha value is -1.79. The lowest BCUT2D eigenvalue weighted by molar-refractivity contribution is -0.149. The number of methoxy groups -OCH3 is 1. The number of hydrogen-bond acceptors (Lipinski definition) is 5. The maximum absolute atomic E-state index is 10.5. The molecule has 2 N–H and O–H groups in total. The van der Waals surface area contributed by atoms with Gasteiger partial charge in [0.25, 0.3) is 0 Å². The van der Waals surface area contributed by atoms with Gasteiger partial charge in [-0.2, -0.15) is 0 Å². The van der Waals surface area contributed by atoms with Gasteiger partial charge < -0.3 is 19.7 Å². The number of ether oxygens (including phenoxy) is 2. The van der Waals surface area contributed by atoms with E-state index in [1.807, 2.05) is 0 Å². The van der Waals surface area contributed by atoms with E-state index in [1.165, 1.54) is 0 Å². The number of carbonyl (C=O) groups is 3. The highest BCUT2D eigenvalue weighted by Gasteiger charge is 2.23. The quantitative estimate of drug-likeness (QED) is 0.613. The van der Waals surface area contributed by atoms with E-state index in [4.69, 9.17) is 10.2 Å². The van der Waals surface area contributed by atoms with Crippen LogP contribution in [0.25, 0.3) is 0 Å². The molecule has 0 heterocycles. The average molecular weight is 206 g/mol. The van der Waals surface area contributed by atoms with E-state index >= 15 is 0 Å². The molecule has 0 aliphatic heterocycles. The minimum Gasteiger partial charge on any atom is -0.481 e. The van der Waals surface area contributed by atoms with Crippen LogP contribution in [-0.4, -0.2) is 41.5 Å². The molecule has 0 aliphatic rings. The van der Waals surface area contributed by atoms with Crippen LogP contribution in [0, 0.1) is 0 Å². The van der Waals surface area contributed by atoms with Crippen molar-refractivity contribution < 1.29 is 34.1 Å². The number of carbonyl (C=O) groups excluding carboxylic acids is 1. The summed E-state index contributed by atoms with van der Waals surface area (Å²) in [7, 11) is 1.03. The Morgan fingerprint density at radius 2 is 1.86 bits per heavy atom. The molecule has 0 radical (unpaired) electrons. The van der Waals surface area contributed by atoms with Crippen molar-refractivity contribution in [1.29, 1.82) is 0 Å². The molecular formula is C7H10O7. The van der Waals surface area contributed by atoms with Crippen molar-refractivity contribution in [2.24, 2.45) is 0 Å². The average Bonchev–Trinajstić information content (AvgIpc) is 2.10. The van der Waals surface area contributed by atoms with E-state index in [-0.39, 0.29) is 6.42 Å². The van der Waals surface area contributed by atoms with E-state index in [0.29, 0.717) is 0 Å². The lowest BCUT2D eigenvalue weighted by Gasteiger charge is -2.10. The Bertz CT molecular complexity index is 234. The fraction of sp³-hybridized carbons (Fsp3) is 0.571. The van der Waals surface area contributed by atoms with Crippen LogP contribution in [0.2, 0.25) is 0 Å². The van der Waals surface area contributed by atoms with Gasteiger partial charge in [0.2, 0.25) is 6.10 Å². The lowest BCUT2D eigenvalue weighted by Crippen LogP contribution is -2.27. The Kier molecular flexibility index (Phi) is 5.05. The normalized spacial score (nSPS) is 11.5. The first-order chi connectivity index (χ1) is 6.47. The third kappa shape index (κ3) is 4.96. The first kappa shape index (κ1) is 12.2. The van der Waals surface area contributed by atoms with Crippen LogP contribution >= 0.6 is 0 Å². The van der Waals surface area contributed by atoms with Crippen LogP contribution in [0.15, 0.2) is 0 Å². The largest absolute Gasteiger partial charge is 0.508 e. The maximum Gasteiger partial charge on any atom is 0.508 e. The third-order valence-electron chi connectivity index (χ3n) is 1.30. The van der Waals surface area contributed by atoms with E-state index < -0.39 is 30.6 Å². The maximum atomic E-state index is 10.5. The molecule has 0 saturated carbocycles. The Labute approximate surface area is 79.2 Å². The molecule has 0 fully saturated rings. The predicted octanol–water partition coefficient (Wildman–Crippen LogP) is 0.0874. The molecule has 80 valence electrons. The molecule has 0 aromatic carbocycles. The summed E-state index contributed by atoms with van der Waals surface area (Å²) in [5.41, 5.74) is 0. The standard InChI is InChI=1S/C7H10O7/c1-13-7(12)14-4(6(10)11)2-3-5(8)9/h4H,2-3H2,1H3,(H,8,9)(H,10,11). The zero-order valence-corrected chi connectivity index (χ0v) is 7.43. The Morgan fingerprint density at radius 3 is 2.21 bits per heavy atom. The first-order valence-electron chi connectivity index (χ1n) is 3.66. The summed E-state index contributed by atoms with van der Waals surface area (Å²) in [6.07, 6.45) is -3.32. The molecule has 0 saturated heterocycles. The molecule has 0 aliphatic carbocycles. The van der Waals surface area contributed by atoms with Crippen molar-refractivity contribution in [2.75, 3.05) is 7.11 Å². The van der Waals surface area contributed by atoms with Crippen LogP contribution in [0.5, 0.6) is 0 Å². The third-order valence-corrected chi connectivity index (χ3v) is 1.30. The summed E-state index contributed by atoms with van der Waals surface area (Å²) >= 11 is 0. The van der Waals surface area contributed by atoms with Crippen molar-refractivity contribution in [3.05, 3.63) is 0 Å². The highest BCUT2D eigenvalue weighted by Crippen LogP contribution is 2.04. The summed E-state index contributed by atoms with van der Waals surface area (Å²) in [6.45, 7) is 0. The van der Waals surface area contributed by atoms with Crippen molar-refractivity contribution in [3.8, 4) is 0 Å². The van der Waals surface area contributed by atoms with Gasteiger partial charge in [-0.15, -0.1) is 0 Å². The van der Waals surface area contributed by atoms with Crippen molar-refractivity contribution >= 4 is 18.1 Å². The van der Waals surface area contributed by atoms with Gasteiger partial charge in [0.05, 0.1) is 7.11 Å². The predicted molar refractivity (Wildman–Crippen MR) is 41.8 cm³/mol. The molecule has 7 heteroatoms. The Morgan fingerprint density at radius 1 is 1.29 bits per heavy atom. The first-order valence-corrected chi connectivity index (χ1v) is 3.66. The Balaban J connectivity index is 4.09. The molecule has 0 rings (SSSR count). The smallest absolute Gasteiger partial charge is 0.481 e. The van der Waals surface area contributed by atoms with Gasteiger partial charge in [-0.3, -0.25) is 4.79 Å². The van der Waals surface area contributed by atoms with Gasteiger partial charge in [0.1, 0.15) is 0 Å². The zero-order valence-electron chi connectivity index (χ0n) is 7.43. The summed E-state index contributed by atoms with van der Waals surface area (Å²) in [5, 5.41) is 16.8. The van der Waals surface area contributed by atoms with Crippen LogP contribution in [0.1, 0.15) is 12.8 Å². The highest BCUT2D eigenvalue weighted by atomic mass is 16.7. The summed E-state index contributed by atoms with van der Waals surface area (Å²) in [4.78, 5) is 31.1. The fourth-order valence-electron chi connectivity index (χ4n) is 0.652. The van der Waals surface area contributed by atoms with Gasteiger partial charge >= 0.3 is 18.1 Å². The molecule has 0 bridgehead atoms. The number of aliphatic carboxylic acids is 2. The molecule has 14 heavy (non-hydrogen) atoms. The molecule has 0 amide bonds. The monoisotopic (exact) mass is 206 g/mol. The van der Waals surface area contributed by atoms with Crippen molar-refractivity contribution in [1.82, 2.24) is 0 Å². The van der Waals surface area contributed by atoms with Gasteiger partial charge in [-0.1, -0.05) is 0 Å². The van der Waals surface area contributed by atoms with E-state index in [2.05, 4.69) is 9.47 Å². The van der Waals surface area contributed by atoms with Gasteiger partial charge in [0, 0.05) is 12.8 Å². The molecular weight excluding hydrogens is 196 g/mol. The highest BCUT2D eigenvalue weighted by molar-refractivity contribution is 5.76. The lowest BCUT2D eigenvalue weighted by atomic mass is 10.2. The van der Waals surface area contributed by atoms with Crippen LogP contribution < -0.4 is 0 Å². The van der Waals surface area contributed by atoms with E-state index in [0.717, 1.165) is 7.11 Å². The summed E-state index contributed by atoms with van der Waals surface area (Å²) < 4.78 is 8.35. The minimum absolute atomic E-state index is 0.292. The summed E-state index contributed by atoms with van der Waals surface area (Å²) in [6, 6.07) is 0. The number of carboxylic acids is 2. The van der Waals surface area contributed by atoms with Crippen LogP contribution in [0.3, 0.4) is 0 Å². The summed E-state index contributed by atoms with van der Waals surface area (Å²) in [5.74, 6) is -2.57. The fourth-order valence-corrected chi connectivity index (χ4v) is 0.652. The second kappa shape index (κ2) is 5.79. The SMILES string of the molecule is COC(=O)OC(CCC(=O)O)C(=O)O. The second-order valence-corrected chi connectivity index (χ2v) is 2.33. The molecule has 0 aromatic rings. The second-order valence-electron chi connectivity index (χ2n) is 2.33.